The van der Waals surface area contributed by atoms with Gasteiger partial charge in [0, 0.05) is 0 Å². The first-order valence-electron chi connectivity index (χ1n) is 2.98. The van der Waals surface area contributed by atoms with Crippen molar-refractivity contribution in [3.05, 3.63) is 23.2 Å². The SMILES string of the molecule is FC(F)(CI)c1cnc(Cl)cn1. The van der Waals surface area contributed by atoms with E-state index in [-0.39, 0.29) is 15.3 Å². The number of nitrogens with zero attached hydrogens (tertiary/aromatic N) is 2. The summed E-state index contributed by atoms with van der Waals surface area (Å²) in [6.07, 6.45) is 2.10. The summed E-state index contributed by atoms with van der Waals surface area (Å²) in [5.74, 6) is -2.92. The average Bonchev–Trinajstić information content (AvgIpc) is 2.05. The molecule has 1 heterocycles. The first-order chi connectivity index (χ1) is 5.56. The lowest BCUT2D eigenvalue weighted by Gasteiger charge is -2.10. The van der Waals surface area contributed by atoms with Gasteiger partial charge in [-0.1, -0.05) is 34.2 Å². The van der Waals surface area contributed by atoms with Crippen molar-refractivity contribution >= 4 is 34.2 Å². The van der Waals surface area contributed by atoms with Gasteiger partial charge in [0.15, 0.2) is 0 Å². The minimum atomic E-state index is -2.92. The minimum absolute atomic E-state index is 0.114. The molecular formula is C6H4ClF2IN2. The maximum atomic E-state index is 12.9. The maximum Gasteiger partial charge on any atom is 0.299 e. The summed E-state index contributed by atoms with van der Waals surface area (Å²) in [5.41, 5.74) is -0.346. The molecule has 0 N–H and O–H groups in total. The Morgan fingerprint density at radius 2 is 2.08 bits per heavy atom. The second-order valence-electron chi connectivity index (χ2n) is 2.06. The van der Waals surface area contributed by atoms with E-state index in [0.717, 1.165) is 12.4 Å². The van der Waals surface area contributed by atoms with Crippen LogP contribution in [0.5, 0.6) is 0 Å². The van der Waals surface area contributed by atoms with E-state index in [1.807, 2.05) is 0 Å². The highest BCUT2D eigenvalue weighted by Gasteiger charge is 2.31. The van der Waals surface area contributed by atoms with E-state index in [2.05, 4.69) is 9.97 Å². The molecule has 0 saturated heterocycles. The third-order valence-corrected chi connectivity index (χ3v) is 2.32. The van der Waals surface area contributed by atoms with Gasteiger partial charge in [0.05, 0.1) is 16.8 Å². The largest absolute Gasteiger partial charge is 0.299 e. The summed E-state index contributed by atoms with van der Waals surface area (Å²) >= 11 is 6.98. The Bertz CT molecular complexity index is 265. The standard InChI is InChI=1S/C6H4ClF2IN2/c7-5-2-11-4(1-12-5)6(8,9)3-10/h1-2H,3H2. The number of hydrogen-bond donors (Lipinski definition) is 0. The molecule has 0 aliphatic carbocycles. The number of aromatic nitrogens is 2. The number of alkyl halides is 3. The molecule has 0 amide bonds. The van der Waals surface area contributed by atoms with Crippen molar-refractivity contribution < 1.29 is 8.78 Å². The molecule has 0 bridgehead atoms. The number of rotatable bonds is 2. The minimum Gasteiger partial charge on any atom is -0.250 e. The summed E-state index contributed by atoms with van der Waals surface area (Å²) in [7, 11) is 0. The molecule has 0 radical (unpaired) electrons. The van der Waals surface area contributed by atoms with Crippen LogP contribution in [0, 0.1) is 0 Å². The second kappa shape index (κ2) is 3.78. The molecule has 12 heavy (non-hydrogen) atoms. The fourth-order valence-corrected chi connectivity index (χ4v) is 1.06. The number of halogens is 4. The van der Waals surface area contributed by atoms with Crippen molar-refractivity contribution in [2.45, 2.75) is 5.92 Å². The molecule has 0 atom stereocenters. The summed E-state index contributed by atoms with van der Waals surface area (Å²) in [6.45, 7) is 0. The Morgan fingerprint density at radius 1 is 1.42 bits per heavy atom. The first-order valence-corrected chi connectivity index (χ1v) is 4.88. The van der Waals surface area contributed by atoms with Gasteiger partial charge in [0.1, 0.15) is 10.8 Å². The highest BCUT2D eigenvalue weighted by Crippen LogP contribution is 2.27. The Hall–Kier alpha value is -0.0400. The summed E-state index contributed by atoms with van der Waals surface area (Å²) < 4.78 is 25.4. The Kier molecular flexibility index (Phi) is 3.16. The molecule has 0 aliphatic rings. The predicted molar refractivity (Wildman–Crippen MR) is 49.8 cm³/mol. The van der Waals surface area contributed by atoms with Crippen LogP contribution in [0.4, 0.5) is 8.78 Å². The van der Waals surface area contributed by atoms with E-state index in [4.69, 9.17) is 11.6 Å². The zero-order valence-corrected chi connectivity index (χ0v) is 8.68. The first kappa shape index (κ1) is 10.0. The Labute approximate surface area is 86.5 Å². The molecule has 1 rings (SSSR count). The zero-order valence-electron chi connectivity index (χ0n) is 5.77. The summed E-state index contributed by atoms with van der Waals surface area (Å²) in [4.78, 5) is 6.98. The quantitative estimate of drug-likeness (QED) is 0.620. The lowest BCUT2D eigenvalue weighted by Crippen LogP contribution is -2.16. The third-order valence-electron chi connectivity index (χ3n) is 1.16. The normalized spacial score (nSPS) is 11.7. The van der Waals surface area contributed by atoms with Crippen LogP contribution in [-0.2, 0) is 5.92 Å². The van der Waals surface area contributed by atoms with Crippen LogP contribution in [0.3, 0.4) is 0 Å². The predicted octanol–water partition coefficient (Wildman–Crippen LogP) is 2.66. The topological polar surface area (TPSA) is 25.8 Å². The van der Waals surface area contributed by atoms with Gasteiger partial charge in [-0.05, 0) is 0 Å². The Morgan fingerprint density at radius 3 is 2.50 bits per heavy atom. The van der Waals surface area contributed by atoms with Crippen LogP contribution in [0.1, 0.15) is 5.69 Å². The zero-order chi connectivity index (χ0) is 9.19. The van der Waals surface area contributed by atoms with Crippen LogP contribution in [0.15, 0.2) is 12.4 Å². The molecule has 1 aromatic rings. The third kappa shape index (κ3) is 2.22. The fraction of sp³-hybridized carbons (Fsp3) is 0.333. The maximum absolute atomic E-state index is 12.9. The lowest BCUT2D eigenvalue weighted by atomic mass is 10.3. The molecule has 0 aromatic carbocycles. The van der Waals surface area contributed by atoms with E-state index < -0.39 is 5.92 Å². The summed E-state index contributed by atoms with van der Waals surface area (Å²) in [5, 5.41) is 0.114. The molecule has 6 heteroatoms. The molecule has 0 aliphatic heterocycles. The van der Waals surface area contributed by atoms with Crippen LogP contribution in [0.25, 0.3) is 0 Å². The van der Waals surface area contributed by atoms with Crippen molar-refractivity contribution in [2.24, 2.45) is 0 Å². The fourth-order valence-electron chi connectivity index (χ4n) is 0.570. The average molecular weight is 304 g/mol. The lowest BCUT2D eigenvalue weighted by molar-refractivity contribution is 0.0214. The molecule has 0 saturated carbocycles. The Balaban J connectivity index is 2.96. The van der Waals surface area contributed by atoms with Gasteiger partial charge in [0.2, 0.25) is 0 Å². The highest BCUT2D eigenvalue weighted by atomic mass is 127. The van der Waals surface area contributed by atoms with Gasteiger partial charge < -0.3 is 0 Å². The van der Waals surface area contributed by atoms with Crippen LogP contribution >= 0.6 is 34.2 Å². The monoisotopic (exact) mass is 304 g/mol. The van der Waals surface area contributed by atoms with E-state index >= 15 is 0 Å². The van der Waals surface area contributed by atoms with E-state index in [1.54, 1.807) is 22.6 Å². The van der Waals surface area contributed by atoms with Crippen LogP contribution < -0.4 is 0 Å². The van der Waals surface area contributed by atoms with Gasteiger partial charge in [-0.3, -0.25) is 4.98 Å². The van der Waals surface area contributed by atoms with E-state index in [0.29, 0.717) is 0 Å². The van der Waals surface area contributed by atoms with Crippen LogP contribution in [0.2, 0.25) is 5.15 Å². The van der Waals surface area contributed by atoms with Crippen molar-refractivity contribution in [1.29, 1.82) is 0 Å². The molecular weight excluding hydrogens is 300 g/mol. The van der Waals surface area contributed by atoms with E-state index in [1.165, 1.54) is 0 Å². The second-order valence-corrected chi connectivity index (χ2v) is 3.21. The molecule has 0 spiro atoms. The van der Waals surface area contributed by atoms with E-state index in [9.17, 15) is 8.78 Å². The molecule has 0 unspecified atom stereocenters. The van der Waals surface area contributed by atoms with Crippen molar-refractivity contribution in [1.82, 2.24) is 9.97 Å². The molecule has 66 valence electrons. The molecule has 0 fully saturated rings. The summed E-state index contributed by atoms with van der Waals surface area (Å²) in [6, 6.07) is 0. The van der Waals surface area contributed by atoms with Gasteiger partial charge in [-0.25, -0.2) is 4.98 Å². The molecule has 1 aromatic heterocycles. The smallest absolute Gasteiger partial charge is 0.250 e. The van der Waals surface area contributed by atoms with Gasteiger partial charge >= 0.3 is 0 Å². The number of hydrogen-bond acceptors (Lipinski definition) is 2. The van der Waals surface area contributed by atoms with Gasteiger partial charge in [-0.2, -0.15) is 8.78 Å². The highest BCUT2D eigenvalue weighted by molar-refractivity contribution is 14.1. The van der Waals surface area contributed by atoms with Gasteiger partial charge in [-0.15, -0.1) is 0 Å². The van der Waals surface area contributed by atoms with Crippen molar-refractivity contribution in [3.8, 4) is 0 Å². The van der Waals surface area contributed by atoms with Gasteiger partial charge in [0.25, 0.3) is 5.92 Å². The molecule has 2 nitrogen and oxygen atoms in total. The van der Waals surface area contributed by atoms with Crippen molar-refractivity contribution in [3.63, 3.8) is 0 Å². The van der Waals surface area contributed by atoms with Crippen LogP contribution in [-0.4, -0.2) is 14.4 Å². The van der Waals surface area contributed by atoms with Crippen molar-refractivity contribution in [2.75, 3.05) is 4.43 Å².